The second kappa shape index (κ2) is 7.75. The fourth-order valence-electron chi connectivity index (χ4n) is 4.00. The van der Waals surface area contributed by atoms with Gasteiger partial charge in [0.05, 0.1) is 12.7 Å². The highest BCUT2D eigenvalue weighted by atomic mass is 16.5. The van der Waals surface area contributed by atoms with Crippen molar-refractivity contribution >= 4 is 22.8 Å². The number of aromatic amines is 1. The molecule has 10 nitrogen and oxygen atoms in total. The van der Waals surface area contributed by atoms with Gasteiger partial charge >= 0.3 is 0 Å². The number of H-pyrrole nitrogens is 1. The van der Waals surface area contributed by atoms with E-state index in [4.69, 9.17) is 16.2 Å². The Morgan fingerprint density at radius 2 is 1.66 bits per heavy atom. The summed E-state index contributed by atoms with van der Waals surface area (Å²) in [6.45, 7) is -0.327. The van der Waals surface area contributed by atoms with E-state index in [1.54, 1.807) is 4.57 Å². The third-order valence-corrected chi connectivity index (χ3v) is 5.63. The first-order valence-corrected chi connectivity index (χ1v) is 10.1. The molecule has 5 rings (SSSR count). The molecular weight excluding hydrogens is 412 g/mol. The number of imidazole rings is 1. The lowest BCUT2D eigenvalue weighted by atomic mass is 10.0. The number of nitrogen functional groups attached to an aromatic ring is 2. The summed E-state index contributed by atoms with van der Waals surface area (Å²) in [5.41, 5.74) is 14.9. The van der Waals surface area contributed by atoms with Gasteiger partial charge in [-0.15, -0.1) is 0 Å². The van der Waals surface area contributed by atoms with Crippen molar-refractivity contribution in [3.05, 3.63) is 58.9 Å². The third kappa shape index (κ3) is 3.40. The summed E-state index contributed by atoms with van der Waals surface area (Å²) in [6, 6.07) is 15.2. The maximum Gasteiger partial charge on any atom is 0.280 e. The third-order valence-electron chi connectivity index (χ3n) is 5.63. The zero-order valence-corrected chi connectivity index (χ0v) is 17.0. The van der Waals surface area contributed by atoms with Gasteiger partial charge in [0.1, 0.15) is 18.2 Å². The molecule has 3 atom stereocenters. The molecule has 32 heavy (non-hydrogen) atoms. The Kier molecular flexibility index (Phi) is 4.89. The van der Waals surface area contributed by atoms with Crippen LogP contribution in [0.5, 0.6) is 0 Å². The first-order valence-electron chi connectivity index (χ1n) is 10.1. The van der Waals surface area contributed by atoms with Gasteiger partial charge in [-0.2, -0.15) is 4.98 Å². The van der Waals surface area contributed by atoms with E-state index in [1.165, 1.54) is 0 Å². The van der Waals surface area contributed by atoms with Crippen molar-refractivity contribution in [3.63, 3.8) is 0 Å². The highest BCUT2D eigenvalue weighted by Gasteiger charge is 2.37. The summed E-state index contributed by atoms with van der Waals surface area (Å²) >= 11 is 0. The fraction of sp³-hybridized carbons (Fsp3) is 0.227. The van der Waals surface area contributed by atoms with Crippen LogP contribution in [0, 0.1) is 0 Å². The standard InChI is InChI=1S/C22H22N6O4/c23-14-7-5-12(6-8-14)11-1-3-13(4-2-11)19-25-18-20(26-22(24)27-21(18)31)28(19)17-9-15(30)16(10-29)32-17/h1-8,15-17,29-30H,9-10,23H2,(H3,24,26,27,31)/t15-,16+,17+/m0/s1. The number of benzene rings is 2. The number of nitrogens with one attached hydrogen (secondary N) is 1. The molecule has 0 saturated carbocycles. The lowest BCUT2D eigenvalue weighted by Gasteiger charge is -2.17. The van der Waals surface area contributed by atoms with Crippen molar-refractivity contribution in [2.24, 2.45) is 0 Å². The van der Waals surface area contributed by atoms with Gasteiger partial charge in [0.25, 0.3) is 5.56 Å². The summed E-state index contributed by atoms with van der Waals surface area (Å²) in [5, 5.41) is 19.7. The summed E-state index contributed by atoms with van der Waals surface area (Å²) < 4.78 is 7.49. The minimum absolute atomic E-state index is 0.0499. The Bertz CT molecular complexity index is 1330. The molecule has 0 unspecified atom stereocenters. The minimum Gasteiger partial charge on any atom is -0.399 e. The molecule has 10 heteroatoms. The van der Waals surface area contributed by atoms with Gasteiger partial charge in [-0.1, -0.05) is 36.4 Å². The average Bonchev–Trinajstić information content (AvgIpc) is 3.34. The number of aliphatic hydroxyl groups is 2. The predicted molar refractivity (Wildman–Crippen MR) is 119 cm³/mol. The van der Waals surface area contributed by atoms with E-state index in [-0.39, 0.29) is 30.1 Å². The molecule has 0 amide bonds. The number of fused-ring (bicyclic) bond motifs is 1. The monoisotopic (exact) mass is 434 g/mol. The van der Waals surface area contributed by atoms with Crippen LogP contribution in [-0.4, -0.2) is 48.5 Å². The van der Waals surface area contributed by atoms with Crippen LogP contribution in [-0.2, 0) is 4.74 Å². The summed E-state index contributed by atoms with van der Waals surface area (Å²) in [4.78, 5) is 23.7. The quantitative estimate of drug-likeness (QED) is 0.299. The minimum atomic E-state index is -0.859. The molecule has 1 saturated heterocycles. The molecule has 0 bridgehead atoms. The van der Waals surface area contributed by atoms with Crippen molar-refractivity contribution in [1.82, 2.24) is 19.5 Å². The van der Waals surface area contributed by atoms with E-state index < -0.39 is 24.0 Å². The lowest BCUT2D eigenvalue weighted by molar-refractivity contribution is -0.0426. The van der Waals surface area contributed by atoms with Gasteiger partial charge in [-0.25, -0.2) is 4.98 Å². The maximum atomic E-state index is 12.5. The normalized spacial score (nSPS) is 20.8. The van der Waals surface area contributed by atoms with Crippen molar-refractivity contribution in [2.75, 3.05) is 18.1 Å². The molecule has 2 aromatic carbocycles. The second-order valence-electron chi connectivity index (χ2n) is 7.74. The van der Waals surface area contributed by atoms with Crippen LogP contribution in [0.4, 0.5) is 11.6 Å². The Hall–Kier alpha value is -3.73. The van der Waals surface area contributed by atoms with Gasteiger partial charge in [0.2, 0.25) is 5.95 Å². The van der Waals surface area contributed by atoms with Crippen LogP contribution >= 0.6 is 0 Å². The van der Waals surface area contributed by atoms with E-state index in [0.29, 0.717) is 11.5 Å². The van der Waals surface area contributed by atoms with Crippen LogP contribution < -0.4 is 17.0 Å². The van der Waals surface area contributed by atoms with E-state index in [1.807, 2.05) is 48.5 Å². The Labute approximate surface area is 182 Å². The molecule has 0 radical (unpaired) electrons. The topological polar surface area (TPSA) is 165 Å². The highest BCUT2D eigenvalue weighted by Crippen LogP contribution is 2.35. The number of nitrogens with zero attached hydrogens (tertiary/aromatic N) is 3. The Morgan fingerprint density at radius 1 is 1.03 bits per heavy atom. The molecule has 2 aromatic heterocycles. The molecule has 7 N–H and O–H groups in total. The smallest absolute Gasteiger partial charge is 0.280 e. The van der Waals surface area contributed by atoms with E-state index in [9.17, 15) is 15.0 Å². The molecule has 4 aromatic rings. The molecule has 0 spiro atoms. The van der Waals surface area contributed by atoms with E-state index in [2.05, 4.69) is 15.0 Å². The first kappa shape index (κ1) is 20.2. The van der Waals surface area contributed by atoms with Crippen molar-refractivity contribution in [3.8, 4) is 22.5 Å². The second-order valence-corrected chi connectivity index (χ2v) is 7.74. The summed E-state index contributed by atoms with van der Waals surface area (Å²) in [5.74, 6) is 0.398. The molecule has 0 aliphatic carbocycles. The maximum absolute atomic E-state index is 12.5. The van der Waals surface area contributed by atoms with Crippen LogP contribution in [0.15, 0.2) is 53.3 Å². The number of hydrogen-bond donors (Lipinski definition) is 5. The van der Waals surface area contributed by atoms with Crippen LogP contribution in [0.3, 0.4) is 0 Å². The highest BCUT2D eigenvalue weighted by molar-refractivity contribution is 5.78. The van der Waals surface area contributed by atoms with Gasteiger partial charge in [0, 0.05) is 17.7 Å². The number of nitrogens with two attached hydrogens (primary N) is 2. The fourth-order valence-corrected chi connectivity index (χ4v) is 4.00. The number of anilines is 2. The van der Waals surface area contributed by atoms with Crippen molar-refractivity contribution < 1.29 is 14.9 Å². The first-order chi connectivity index (χ1) is 15.4. The SMILES string of the molecule is Nc1ccc(-c2ccc(-c3nc4c(=O)[nH]c(N)nc4n3[C@H]3C[C@H](O)[C@@H](CO)O3)cc2)cc1. The molecule has 1 aliphatic rings. The van der Waals surface area contributed by atoms with E-state index in [0.717, 1.165) is 16.7 Å². The van der Waals surface area contributed by atoms with Crippen molar-refractivity contribution in [2.45, 2.75) is 24.9 Å². The number of rotatable bonds is 4. The van der Waals surface area contributed by atoms with Crippen LogP contribution in [0.1, 0.15) is 12.6 Å². The zero-order chi connectivity index (χ0) is 22.4. The Morgan fingerprint density at radius 3 is 2.28 bits per heavy atom. The zero-order valence-electron chi connectivity index (χ0n) is 17.0. The average molecular weight is 434 g/mol. The van der Waals surface area contributed by atoms with Crippen LogP contribution in [0.2, 0.25) is 0 Å². The summed E-state index contributed by atoms with van der Waals surface area (Å²) in [6.07, 6.45) is -2.06. The molecule has 164 valence electrons. The Balaban J connectivity index is 1.63. The summed E-state index contributed by atoms with van der Waals surface area (Å²) in [7, 11) is 0. The number of hydrogen-bond acceptors (Lipinski definition) is 8. The molecule has 3 heterocycles. The number of ether oxygens (including phenoxy) is 1. The number of aliphatic hydroxyl groups excluding tert-OH is 2. The van der Waals surface area contributed by atoms with E-state index >= 15 is 0 Å². The largest absolute Gasteiger partial charge is 0.399 e. The van der Waals surface area contributed by atoms with Crippen LogP contribution in [0.25, 0.3) is 33.7 Å². The predicted octanol–water partition coefficient (Wildman–Crippen LogP) is 1.26. The van der Waals surface area contributed by atoms with Gasteiger partial charge in [-0.3, -0.25) is 14.3 Å². The lowest BCUT2D eigenvalue weighted by Crippen LogP contribution is -2.24. The number of aromatic nitrogens is 4. The molecule has 1 aliphatic heterocycles. The van der Waals surface area contributed by atoms with Crippen molar-refractivity contribution in [1.29, 1.82) is 0 Å². The molecule has 1 fully saturated rings. The van der Waals surface area contributed by atoms with Gasteiger partial charge in [-0.05, 0) is 23.3 Å². The molecular formula is C22H22N6O4. The van der Waals surface area contributed by atoms with Gasteiger partial charge in [0.15, 0.2) is 11.2 Å². The van der Waals surface area contributed by atoms with Gasteiger partial charge < -0.3 is 26.4 Å².